The summed E-state index contributed by atoms with van der Waals surface area (Å²) in [5.74, 6) is 1.29. The summed E-state index contributed by atoms with van der Waals surface area (Å²) in [5.41, 5.74) is 5.52. The molecule has 4 nitrogen and oxygen atoms in total. The quantitative estimate of drug-likeness (QED) is 0.801. The molecule has 1 amide bonds. The lowest BCUT2D eigenvalue weighted by molar-refractivity contribution is -0.123. The van der Waals surface area contributed by atoms with Crippen LogP contribution in [-0.2, 0) is 4.79 Å². The molecule has 1 atom stereocenters. The molecule has 1 aliphatic carbocycles. The Morgan fingerprint density at radius 1 is 1.55 bits per heavy atom. The third kappa shape index (κ3) is 4.21. The van der Waals surface area contributed by atoms with Gasteiger partial charge in [-0.3, -0.25) is 4.79 Å². The van der Waals surface area contributed by atoms with Gasteiger partial charge >= 0.3 is 0 Å². The Balaban J connectivity index is 1.75. The predicted octanol–water partition coefficient (Wildman–Crippen LogP) is 2.46. The molecule has 0 saturated heterocycles. The second-order valence-corrected chi connectivity index (χ2v) is 6.42. The van der Waals surface area contributed by atoms with Gasteiger partial charge in [0.2, 0.25) is 5.91 Å². The van der Waals surface area contributed by atoms with E-state index in [0.717, 1.165) is 23.1 Å². The van der Waals surface area contributed by atoms with E-state index in [1.165, 1.54) is 0 Å². The number of benzene rings is 1. The van der Waals surface area contributed by atoms with E-state index in [0.29, 0.717) is 25.5 Å². The van der Waals surface area contributed by atoms with Gasteiger partial charge in [-0.1, -0.05) is 22.0 Å². The average Bonchev–Trinajstić information content (AvgIpc) is 3.23. The van der Waals surface area contributed by atoms with Crippen molar-refractivity contribution in [3.63, 3.8) is 0 Å². The maximum atomic E-state index is 12.0. The van der Waals surface area contributed by atoms with Gasteiger partial charge in [0, 0.05) is 11.0 Å². The van der Waals surface area contributed by atoms with Gasteiger partial charge in [-0.15, -0.1) is 0 Å². The highest BCUT2D eigenvalue weighted by Crippen LogP contribution is 2.38. The molecule has 3 N–H and O–H groups in total. The van der Waals surface area contributed by atoms with Gasteiger partial charge in [0.15, 0.2) is 0 Å². The van der Waals surface area contributed by atoms with Crippen LogP contribution in [0.2, 0.25) is 0 Å². The summed E-state index contributed by atoms with van der Waals surface area (Å²) < 4.78 is 6.52. The van der Waals surface area contributed by atoms with Gasteiger partial charge in [0.1, 0.15) is 5.75 Å². The smallest absolute Gasteiger partial charge is 0.223 e. The monoisotopic (exact) mass is 340 g/mol. The molecule has 1 aliphatic rings. The van der Waals surface area contributed by atoms with Crippen LogP contribution in [0, 0.1) is 5.92 Å². The highest BCUT2D eigenvalue weighted by molar-refractivity contribution is 9.10. The molecule has 0 aromatic heterocycles. The Morgan fingerprint density at radius 2 is 2.30 bits per heavy atom. The second kappa shape index (κ2) is 6.59. The number of carbonyl (C=O) groups excluding carboxylic acids is 1. The van der Waals surface area contributed by atoms with E-state index in [2.05, 4.69) is 21.2 Å². The zero-order chi connectivity index (χ0) is 14.6. The van der Waals surface area contributed by atoms with Gasteiger partial charge in [-0.2, -0.15) is 0 Å². The van der Waals surface area contributed by atoms with E-state index in [1.54, 1.807) is 0 Å². The summed E-state index contributed by atoms with van der Waals surface area (Å²) in [4.78, 5) is 12.0. The third-order valence-corrected chi connectivity index (χ3v) is 4.21. The molecule has 5 heteroatoms. The molecular weight excluding hydrogens is 320 g/mol. The van der Waals surface area contributed by atoms with Crippen LogP contribution in [0.5, 0.6) is 5.75 Å². The van der Waals surface area contributed by atoms with Gasteiger partial charge in [0.25, 0.3) is 0 Å². The maximum Gasteiger partial charge on any atom is 0.223 e. The Morgan fingerprint density at radius 3 is 2.90 bits per heavy atom. The van der Waals surface area contributed by atoms with Crippen molar-refractivity contribution in [1.82, 2.24) is 5.32 Å². The third-order valence-electron chi connectivity index (χ3n) is 3.72. The molecule has 1 saturated carbocycles. The zero-order valence-electron chi connectivity index (χ0n) is 11.7. The van der Waals surface area contributed by atoms with Gasteiger partial charge < -0.3 is 15.8 Å². The highest BCUT2D eigenvalue weighted by atomic mass is 79.9. The van der Waals surface area contributed by atoms with Gasteiger partial charge in [-0.25, -0.2) is 0 Å². The van der Waals surface area contributed by atoms with Crippen LogP contribution in [0.1, 0.15) is 26.2 Å². The molecule has 0 radical (unpaired) electrons. The fourth-order valence-electron chi connectivity index (χ4n) is 2.24. The van der Waals surface area contributed by atoms with Crippen molar-refractivity contribution in [3.05, 3.63) is 28.7 Å². The minimum absolute atomic E-state index is 0.000142. The first-order valence-electron chi connectivity index (χ1n) is 6.93. The maximum absolute atomic E-state index is 12.0. The fraction of sp³-hybridized carbons (Fsp3) is 0.533. The lowest BCUT2D eigenvalue weighted by Gasteiger charge is -2.29. The topological polar surface area (TPSA) is 64.3 Å². The predicted molar refractivity (Wildman–Crippen MR) is 82.6 cm³/mol. The summed E-state index contributed by atoms with van der Waals surface area (Å²) in [7, 11) is 0. The summed E-state index contributed by atoms with van der Waals surface area (Å²) in [6.07, 6.45) is 2.65. The lowest BCUT2D eigenvalue weighted by Crippen LogP contribution is -2.53. The number of rotatable bonds is 7. The molecule has 0 bridgehead atoms. The molecule has 1 aromatic carbocycles. The summed E-state index contributed by atoms with van der Waals surface area (Å²) in [6, 6.07) is 7.59. The Kier molecular flexibility index (Phi) is 5.05. The first kappa shape index (κ1) is 15.3. The molecule has 1 unspecified atom stereocenters. The van der Waals surface area contributed by atoms with Crippen LogP contribution in [0.15, 0.2) is 28.7 Å². The normalized spacial score (nSPS) is 17.4. The van der Waals surface area contributed by atoms with Crippen LogP contribution in [-0.4, -0.2) is 24.6 Å². The van der Waals surface area contributed by atoms with Crippen molar-refractivity contribution in [2.75, 3.05) is 13.2 Å². The number of hydrogen-bond donors (Lipinski definition) is 2. The minimum Gasteiger partial charge on any atom is -0.493 e. The zero-order valence-corrected chi connectivity index (χ0v) is 13.3. The molecule has 0 aliphatic heterocycles. The van der Waals surface area contributed by atoms with Crippen LogP contribution in [0.4, 0.5) is 0 Å². The first-order valence-corrected chi connectivity index (χ1v) is 7.72. The average molecular weight is 341 g/mol. The van der Waals surface area contributed by atoms with Crippen molar-refractivity contribution >= 4 is 21.8 Å². The molecule has 0 spiro atoms. The van der Waals surface area contributed by atoms with Crippen molar-refractivity contribution in [2.45, 2.75) is 31.7 Å². The number of halogens is 1. The van der Waals surface area contributed by atoms with E-state index in [-0.39, 0.29) is 11.4 Å². The standard InChI is InChI=1S/C15H21BrN2O2/c1-15(10-17,11-5-6-11)18-14(19)7-8-20-13-4-2-3-12(16)9-13/h2-4,9,11H,5-8,10,17H2,1H3,(H,18,19). The lowest BCUT2D eigenvalue weighted by atomic mass is 9.96. The molecular formula is C15H21BrN2O2. The number of nitrogens with one attached hydrogen (secondary N) is 1. The Labute approximate surface area is 128 Å². The van der Waals surface area contributed by atoms with Crippen molar-refractivity contribution in [2.24, 2.45) is 11.7 Å². The second-order valence-electron chi connectivity index (χ2n) is 5.50. The number of ether oxygens (including phenoxy) is 1. The molecule has 20 heavy (non-hydrogen) atoms. The van der Waals surface area contributed by atoms with Crippen molar-refractivity contribution in [1.29, 1.82) is 0 Å². The number of carbonyl (C=O) groups is 1. The Bertz CT molecular complexity index is 477. The molecule has 1 fully saturated rings. The summed E-state index contributed by atoms with van der Waals surface area (Å²) in [6.45, 7) is 2.88. The van der Waals surface area contributed by atoms with E-state index < -0.39 is 0 Å². The molecule has 0 heterocycles. The van der Waals surface area contributed by atoms with Gasteiger partial charge in [-0.05, 0) is 43.9 Å². The minimum atomic E-state index is -0.257. The molecule has 110 valence electrons. The molecule has 1 aromatic rings. The van der Waals surface area contributed by atoms with Crippen LogP contribution in [0.25, 0.3) is 0 Å². The van der Waals surface area contributed by atoms with Crippen molar-refractivity contribution in [3.8, 4) is 5.75 Å². The van der Waals surface area contributed by atoms with Crippen LogP contribution >= 0.6 is 15.9 Å². The number of amides is 1. The number of hydrogen-bond acceptors (Lipinski definition) is 3. The van der Waals surface area contributed by atoms with Gasteiger partial charge in [0.05, 0.1) is 18.6 Å². The van der Waals surface area contributed by atoms with E-state index in [1.807, 2.05) is 31.2 Å². The summed E-state index contributed by atoms with van der Waals surface area (Å²) >= 11 is 3.38. The van der Waals surface area contributed by atoms with Crippen LogP contribution in [0.3, 0.4) is 0 Å². The van der Waals surface area contributed by atoms with E-state index in [4.69, 9.17) is 10.5 Å². The Hall–Kier alpha value is -1.07. The SMILES string of the molecule is CC(CN)(NC(=O)CCOc1cccc(Br)c1)C1CC1. The van der Waals surface area contributed by atoms with E-state index >= 15 is 0 Å². The summed E-state index contributed by atoms with van der Waals surface area (Å²) in [5, 5.41) is 3.05. The largest absolute Gasteiger partial charge is 0.493 e. The van der Waals surface area contributed by atoms with Crippen LogP contribution < -0.4 is 15.8 Å². The highest BCUT2D eigenvalue weighted by Gasteiger charge is 2.41. The first-order chi connectivity index (χ1) is 9.53. The van der Waals surface area contributed by atoms with E-state index in [9.17, 15) is 4.79 Å². The van der Waals surface area contributed by atoms with Crippen molar-refractivity contribution < 1.29 is 9.53 Å². The molecule has 2 rings (SSSR count). The fourth-order valence-corrected chi connectivity index (χ4v) is 2.62. The number of nitrogens with two attached hydrogens (primary N) is 1.